The van der Waals surface area contributed by atoms with Crippen LogP contribution in [0.1, 0.15) is 39.1 Å². The van der Waals surface area contributed by atoms with E-state index < -0.39 is 4.92 Å². The third-order valence-corrected chi connectivity index (χ3v) is 4.20. The highest BCUT2D eigenvalue weighted by Crippen LogP contribution is 2.20. The molecular formula is C19H19N3O4. The second-order valence-corrected chi connectivity index (χ2v) is 6.41. The number of rotatable bonds is 6. The average molecular weight is 353 g/mol. The first kappa shape index (κ1) is 17.6. The van der Waals surface area contributed by atoms with Gasteiger partial charge in [0.25, 0.3) is 17.5 Å². The molecule has 0 atom stereocenters. The standard InChI is InChI=1S/C19H19N3O4/c1-21(19(24)15-3-2-4-17(11-15)22(25)26)12-13-5-7-14(8-6-13)18(23)20-16-9-10-16/h2-8,11,16H,9-10,12H2,1H3,(H,20,23). The lowest BCUT2D eigenvalue weighted by atomic mass is 10.1. The van der Waals surface area contributed by atoms with E-state index in [9.17, 15) is 19.7 Å². The lowest BCUT2D eigenvalue weighted by Gasteiger charge is -2.17. The van der Waals surface area contributed by atoms with Crippen LogP contribution in [0.15, 0.2) is 48.5 Å². The quantitative estimate of drug-likeness (QED) is 0.638. The Kier molecular flexibility index (Phi) is 4.97. The minimum absolute atomic E-state index is 0.0833. The fourth-order valence-corrected chi connectivity index (χ4v) is 2.58. The van der Waals surface area contributed by atoms with Gasteiger partial charge in [0.1, 0.15) is 0 Å². The molecule has 0 spiro atoms. The minimum atomic E-state index is -0.526. The molecule has 2 aromatic rings. The summed E-state index contributed by atoms with van der Waals surface area (Å²) in [5.74, 6) is -0.385. The number of carbonyl (C=O) groups is 2. The van der Waals surface area contributed by atoms with Crippen molar-refractivity contribution in [1.29, 1.82) is 0 Å². The van der Waals surface area contributed by atoms with Crippen molar-refractivity contribution >= 4 is 17.5 Å². The minimum Gasteiger partial charge on any atom is -0.349 e. The first-order chi connectivity index (χ1) is 12.4. The van der Waals surface area contributed by atoms with Gasteiger partial charge in [0, 0.05) is 42.9 Å². The van der Waals surface area contributed by atoms with Crippen molar-refractivity contribution in [2.45, 2.75) is 25.4 Å². The van der Waals surface area contributed by atoms with Gasteiger partial charge in [-0.05, 0) is 36.6 Å². The number of benzene rings is 2. The van der Waals surface area contributed by atoms with Crippen molar-refractivity contribution in [2.75, 3.05) is 7.05 Å². The Bertz CT molecular complexity index is 844. The Balaban J connectivity index is 1.64. The lowest BCUT2D eigenvalue weighted by molar-refractivity contribution is -0.384. The fourth-order valence-electron chi connectivity index (χ4n) is 2.58. The smallest absolute Gasteiger partial charge is 0.270 e. The van der Waals surface area contributed by atoms with Crippen LogP contribution in [0.3, 0.4) is 0 Å². The molecule has 0 aliphatic heterocycles. The molecule has 2 amide bonds. The maximum absolute atomic E-state index is 12.5. The summed E-state index contributed by atoms with van der Waals surface area (Å²) in [7, 11) is 1.63. The Morgan fingerprint density at radius 2 is 1.85 bits per heavy atom. The fraction of sp³-hybridized carbons (Fsp3) is 0.263. The molecule has 3 rings (SSSR count). The van der Waals surface area contributed by atoms with Crippen LogP contribution in [0, 0.1) is 10.1 Å². The summed E-state index contributed by atoms with van der Waals surface area (Å²) < 4.78 is 0. The van der Waals surface area contributed by atoms with E-state index >= 15 is 0 Å². The van der Waals surface area contributed by atoms with Gasteiger partial charge in [0.05, 0.1) is 4.92 Å². The molecule has 0 heterocycles. The molecule has 1 saturated carbocycles. The maximum Gasteiger partial charge on any atom is 0.270 e. The van der Waals surface area contributed by atoms with Crippen LogP contribution in [0.5, 0.6) is 0 Å². The highest BCUT2D eigenvalue weighted by atomic mass is 16.6. The molecule has 134 valence electrons. The van der Waals surface area contributed by atoms with Crippen molar-refractivity contribution in [1.82, 2.24) is 10.2 Å². The number of nitro benzene ring substituents is 1. The van der Waals surface area contributed by atoms with Gasteiger partial charge in [0.15, 0.2) is 0 Å². The summed E-state index contributed by atoms with van der Waals surface area (Å²) >= 11 is 0. The van der Waals surface area contributed by atoms with E-state index in [2.05, 4.69) is 5.32 Å². The van der Waals surface area contributed by atoms with Gasteiger partial charge in [0.2, 0.25) is 0 Å². The number of amides is 2. The summed E-state index contributed by atoms with van der Waals surface area (Å²) in [4.78, 5) is 36.2. The van der Waals surface area contributed by atoms with Gasteiger partial charge in [-0.2, -0.15) is 0 Å². The first-order valence-corrected chi connectivity index (χ1v) is 8.34. The van der Waals surface area contributed by atoms with Crippen molar-refractivity contribution in [3.8, 4) is 0 Å². The molecular weight excluding hydrogens is 334 g/mol. The molecule has 7 nitrogen and oxygen atoms in total. The molecule has 2 aromatic carbocycles. The van der Waals surface area contributed by atoms with Gasteiger partial charge in [-0.3, -0.25) is 19.7 Å². The van der Waals surface area contributed by atoms with E-state index in [1.165, 1.54) is 23.1 Å². The third-order valence-electron chi connectivity index (χ3n) is 4.20. The van der Waals surface area contributed by atoms with Crippen LogP contribution in [-0.4, -0.2) is 34.7 Å². The normalized spacial score (nSPS) is 13.1. The van der Waals surface area contributed by atoms with Crippen LogP contribution in [0.25, 0.3) is 0 Å². The number of hydrogen-bond acceptors (Lipinski definition) is 4. The van der Waals surface area contributed by atoms with Crippen LogP contribution in [-0.2, 0) is 6.54 Å². The van der Waals surface area contributed by atoms with Crippen LogP contribution in [0.4, 0.5) is 5.69 Å². The summed E-state index contributed by atoms with van der Waals surface area (Å²) in [6, 6.07) is 13.0. The zero-order chi connectivity index (χ0) is 18.7. The van der Waals surface area contributed by atoms with Crippen molar-refractivity contribution in [2.24, 2.45) is 0 Å². The SMILES string of the molecule is CN(Cc1ccc(C(=O)NC2CC2)cc1)C(=O)c1cccc([N+](=O)[O-])c1. The Hall–Kier alpha value is -3.22. The Morgan fingerprint density at radius 3 is 2.46 bits per heavy atom. The predicted octanol–water partition coefficient (Wildman–Crippen LogP) is 2.76. The molecule has 7 heteroatoms. The van der Waals surface area contributed by atoms with E-state index in [1.807, 2.05) is 0 Å². The highest BCUT2D eigenvalue weighted by molar-refractivity contribution is 5.95. The summed E-state index contributed by atoms with van der Waals surface area (Å²) in [6.07, 6.45) is 2.07. The van der Waals surface area contributed by atoms with E-state index in [-0.39, 0.29) is 23.1 Å². The molecule has 0 unspecified atom stereocenters. The topological polar surface area (TPSA) is 92.6 Å². The third kappa shape index (κ3) is 4.24. The molecule has 1 fully saturated rings. The molecule has 1 aliphatic carbocycles. The van der Waals surface area contributed by atoms with Crippen molar-refractivity contribution in [3.63, 3.8) is 0 Å². The monoisotopic (exact) mass is 353 g/mol. The van der Waals surface area contributed by atoms with E-state index in [0.717, 1.165) is 18.4 Å². The number of hydrogen-bond donors (Lipinski definition) is 1. The van der Waals surface area contributed by atoms with Crippen molar-refractivity contribution in [3.05, 3.63) is 75.3 Å². The average Bonchev–Trinajstić information content (AvgIpc) is 3.45. The van der Waals surface area contributed by atoms with Gasteiger partial charge in [-0.25, -0.2) is 0 Å². The van der Waals surface area contributed by atoms with Gasteiger partial charge < -0.3 is 10.2 Å². The van der Waals surface area contributed by atoms with Gasteiger partial charge >= 0.3 is 0 Å². The highest BCUT2D eigenvalue weighted by Gasteiger charge is 2.23. The van der Waals surface area contributed by atoms with Gasteiger partial charge in [-0.15, -0.1) is 0 Å². The van der Waals surface area contributed by atoms with Crippen LogP contribution >= 0.6 is 0 Å². The summed E-state index contributed by atoms with van der Waals surface area (Å²) in [5, 5.41) is 13.8. The second-order valence-electron chi connectivity index (χ2n) is 6.41. The lowest BCUT2D eigenvalue weighted by Crippen LogP contribution is -2.27. The Morgan fingerprint density at radius 1 is 1.15 bits per heavy atom. The zero-order valence-corrected chi connectivity index (χ0v) is 14.3. The van der Waals surface area contributed by atoms with Crippen molar-refractivity contribution < 1.29 is 14.5 Å². The number of non-ortho nitro benzene ring substituents is 1. The number of nitrogens with zero attached hydrogens (tertiary/aromatic N) is 2. The molecule has 0 radical (unpaired) electrons. The molecule has 1 N–H and O–H groups in total. The van der Waals surface area contributed by atoms with E-state index in [4.69, 9.17) is 0 Å². The molecule has 26 heavy (non-hydrogen) atoms. The summed E-state index contributed by atoms with van der Waals surface area (Å²) in [5.41, 5.74) is 1.61. The predicted molar refractivity (Wildman–Crippen MR) is 95.8 cm³/mol. The molecule has 0 saturated heterocycles. The Labute approximate surface area is 150 Å². The van der Waals surface area contributed by atoms with Gasteiger partial charge in [-0.1, -0.05) is 18.2 Å². The first-order valence-electron chi connectivity index (χ1n) is 8.34. The summed E-state index contributed by atoms with van der Waals surface area (Å²) in [6.45, 7) is 0.339. The molecule has 0 bridgehead atoms. The van der Waals surface area contributed by atoms with E-state index in [0.29, 0.717) is 18.2 Å². The van der Waals surface area contributed by atoms with E-state index in [1.54, 1.807) is 37.4 Å². The molecule has 1 aliphatic rings. The van der Waals surface area contributed by atoms with Crippen LogP contribution in [0.2, 0.25) is 0 Å². The zero-order valence-electron chi connectivity index (χ0n) is 14.3. The second kappa shape index (κ2) is 7.35. The largest absolute Gasteiger partial charge is 0.349 e. The number of carbonyl (C=O) groups excluding carboxylic acids is 2. The molecule has 0 aromatic heterocycles. The number of nitrogens with one attached hydrogen (secondary N) is 1. The maximum atomic E-state index is 12.5. The number of nitro groups is 1. The van der Waals surface area contributed by atoms with Crippen LogP contribution < -0.4 is 5.32 Å².